The fraction of sp³-hybridized carbons (Fsp3) is 0.514. The summed E-state index contributed by atoms with van der Waals surface area (Å²) in [7, 11) is 0. The Morgan fingerprint density at radius 2 is 1.13 bits per heavy atom. The normalized spacial score (nSPS) is 28.4. The highest BCUT2D eigenvalue weighted by Crippen LogP contribution is 2.34. The van der Waals surface area contributed by atoms with Crippen LogP contribution in [0.15, 0.2) is 60.7 Å². The lowest BCUT2D eigenvalue weighted by Gasteiger charge is -2.46. The van der Waals surface area contributed by atoms with Gasteiger partial charge in [-0.2, -0.15) is 5.26 Å². The van der Waals surface area contributed by atoms with Crippen molar-refractivity contribution in [3.8, 4) is 6.07 Å². The predicted octanol–water partition coefficient (Wildman–Crippen LogP) is 1.97. The van der Waals surface area contributed by atoms with E-state index < -0.39 is 104 Å². The molecule has 0 amide bonds. The van der Waals surface area contributed by atoms with E-state index in [1.54, 1.807) is 30.3 Å². The molecule has 0 spiro atoms. The molecule has 0 unspecified atom stereocenters. The second kappa shape index (κ2) is 19.9. The zero-order chi connectivity index (χ0) is 39.4. The maximum atomic E-state index is 12.4. The van der Waals surface area contributed by atoms with Gasteiger partial charge in [-0.3, -0.25) is 24.0 Å². The summed E-state index contributed by atoms with van der Waals surface area (Å²) in [5.41, 5.74) is 1.24. The van der Waals surface area contributed by atoms with Gasteiger partial charge in [-0.1, -0.05) is 60.7 Å². The standard InChI is InChI=1S/C37H43NO16/c1-20(39)47-31-28(18-45-17-25-12-8-6-9-13-25)53-36(33(30(31)44)49-22(3)41)46-19-29-32(48-21(2)40)34(50-23(4)42)35(51-24(5)43)37(54-29)52-27(16-38)26-14-10-7-11-15-26/h6-15,27-37,44H,17-19H2,1-5H3/t27-,28+,29+,30-,31-,32+,33+,34-,35+,36+,37+/m0/s1. The summed E-state index contributed by atoms with van der Waals surface area (Å²) in [6.07, 6.45) is -16.2. The third-order valence-corrected chi connectivity index (χ3v) is 8.03. The third-order valence-electron chi connectivity index (χ3n) is 8.03. The number of benzene rings is 2. The molecule has 2 saturated heterocycles. The van der Waals surface area contributed by atoms with Crippen LogP contribution in [-0.2, 0) is 77.9 Å². The molecule has 4 rings (SSSR count). The smallest absolute Gasteiger partial charge is 0.303 e. The lowest BCUT2D eigenvalue weighted by Crippen LogP contribution is -2.64. The van der Waals surface area contributed by atoms with Gasteiger partial charge in [-0.15, -0.1) is 0 Å². The van der Waals surface area contributed by atoms with Gasteiger partial charge >= 0.3 is 29.8 Å². The Morgan fingerprint density at radius 3 is 1.70 bits per heavy atom. The molecule has 292 valence electrons. The molecule has 0 radical (unpaired) electrons. The molecule has 2 heterocycles. The lowest BCUT2D eigenvalue weighted by molar-refractivity contribution is -0.337. The second-order valence-corrected chi connectivity index (χ2v) is 12.3. The second-order valence-electron chi connectivity index (χ2n) is 12.3. The summed E-state index contributed by atoms with van der Waals surface area (Å²) in [6, 6.07) is 19.5. The maximum Gasteiger partial charge on any atom is 0.303 e. The van der Waals surface area contributed by atoms with Gasteiger partial charge < -0.3 is 52.5 Å². The van der Waals surface area contributed by atoms with Crippen LogP contribution < -0.4 is 0 Å². The number of hydrogen-bond acceptors (Lipinski definition) is 17. The number of rotatable bonds is 15. The fourth-order valence-electron chi connectivity index (χ4n) is 5.92. The van der Waals surface area contributed by atoms with Gasteiger partial charge in [0.15, 0.2) is 42.9 Å². The number of carbonyl (C=O) groups is 5. The Labute approximate surface area is 311 Å². The van der Waals surface area contributed by atoms with Crippen LogP contribution in [0.2, 0.25) is 0 Å². The molecule has 0 aromatic heterocycles. The summed E-state index contributed by atoms with van der Waals surface area (Å²) in [4.78, 5) is 61.3. The predicted molar refractivity (Wildman–Crippen MR) is 179 cm³/mol. The topological polar surface area (TPSA) is 222 Å². The minimum Gasteiger partial charge on any atom is -0.457 e. The number of esters is 5. The van der Waals surface area contributed by atoms with Gasteiger partial charge in [0.05, 0.1) is 25.9 Å². The summed E-state index contributed by atoms with van der Waals surface area (Å²) >= 11 is 0. The average molecular weight is 758 g/mol. The van der Waals surface area contributed by atoms with Crippen molar-refractivity contribution >= 4 is 29.8 Å². The van der Waals surface area contributed by atoms with E-state index in [-0.39, 0.29) is 13.2 Å². The molecule has 17 heteroatoms. The van der Waals surface area contributed by atoms with Crippen molar-refractivity contribution in [2.24, 2.45) is 0 Å². The first-order valence-electron chi connectivity index (χ1n) is 17.0. The monoisotopic (exact) mass is 757 g/mol. The first-order chi connectivity index (χ1) is 25.8. The molecule has 2 aliphatic rings. The zero-order valence-electron chi connectivity index (χ0n) is 30.3. The fourth-order valence-corrected chi connectivity index (χ4v) is 5.92. The van der Waals surface area contributed by atoms with E-state index in [2.05, 4.69) is 0 Å². The van der Waals surface area contributed by atoms with E-state index >= 15 is 0 Å². The van der Waals surface area contributed by atoms with Crippen molar-refractivity contribution in [3.05, 3.63) is 71.8 Å². The van der Waals surface area contributed by atoms with E-state index in [1.165, 1.54) is 0 Å². The number of aliphatic hydroxyl groups is 1. The Bertz CT molecular complexity index is 1620. The molecule has 2 aliphatic heterocycles. The summed E-state index contributed by atoms with van der Waals surface area (Å²) < 4.78 is 57.5. The van der Waals surface area contributed by atoms with Crippen LogP contribution in [0.4, 0.5) is 0 Å². The lowest BCUT2D eigenvalue weighted by atomic mass is 9.97. The largest absolute Gasteiger partial charge is 0.457 e. The highest BCUT2D eigenvalue weighted by Gasteiger charge is 2.55. The van der Waals surface area contributed by atoms with Crippen LogP contribution in [0.3, 0.4) is 0 Å². The molecule has 2 aromatic carbocycles. The first kappa shape index (κ1) is 41.8. The van der Waals surface area contributed by atoms with E-state index in [4.69, 9.17) is 47.4 Å². The third kappa shape index (κ3) is 11.8. The van der Waals surface area contributed by atoms with Crippen LogP contribution in [0.1, 0.15) is 51.8 Å². The number of hydrogen-bond donors (Lipinski definition) is 1. The van der Waals surface area contributed by atoms with E-state index in [9.17, 15) is 34.3 Å². The molecule has 17 nitrogen and oxygen atoms in total. The molecular weight excluding hydrogens is 714 g/mol. The Morgan fingerprint density at radius 1 is 0.648 bits per heavy atom. The highest BCUT2D eigenvalue weighted by molar-refractivity contribution is 5.69. The van der Waals surface area contributed by atoms with E-state index in [0.717, 1.165) is 40.2 Å². The van der Waals surface area contributed by atoms with Gasteiger partial charge in [0.2, 0.25) is 6.29 Å². The SMILES string of the molecule is CC(=O)O[C@@H]1[C@@H](OC(C)=O)[C@H](O[C@@H](C#N)c2ccccc2)O[C@H](CO[C@@H]2O[C@H](COCc3ccccc3)[C@H](OC(C)=O)[C@H](O)[C@H]2OC(C)=O)[C@H]1OC(C)=O. The summed E-state index contributed by atoms with van der Waals surface area (Å²) in [5, 5.41) is 21.4. The number of nitrogens with zero attached hydrogens (tertiary/aromatic N) is 1. The average Bonchev–Trinajstić information content (AvgIpc) is 3.11. The van der Waals surface area contributed by atoms with Crippen LogP contribution in [-0.4, -0.2) is 110 Å². The van der Waals surface area contributed by atoms with Gasteiger partial charge in [-0.05, 0) is 11.1 Å². The molecule has 0 aliphatic carbocycles. The van der Waals surface area contributed by atoms with Crippen molar-refractivity contribution in [2.45, 2.75) is 109 Å². The molecule has 54 heavy (non-hydrogen) atoms. The highest BCUT2D eigenvalue weighted by atomic mass is 16.8. The van der Waals surface area contributed by atoms with Crippen LogP contribution in [0.25, 0.3) is 0 Å². The Hall–Kier alpha value is -4.96. The van der Waals surface area contributed by atoms with Crippen molar-refractivity contribution in [3.63, 3.8) is 0 Å². The van der Waals surface area contributed by atoms with Crippen molar-refractivity contribution < 1.29 is 76.4 Å². The molecule has 0 saturated carbocycles. The van der Waals surface area contributed by atoms with Gasteiger partial charge in [0, 0.05) is 34.6 Å². The number of ether oxygens (including phenoxy) is 10. The Balaban J connectivity index is 1.66. The number of aliphatic hydroxyl groups excluding tert-OH is 1. The van der Waals surface area contributed by atoms with Crippen LogP contribution >= 0.6 is 0 Å². The Kier molecular flexibility index (Phi) is 15.4. The molecule has 0 bridgehead atoms. The van der Waals surface area contributed by atoms with E-state index in [0.29, 0.717) is 5.56 Å². The van der Waals surface area contributed by atoms with Crippen LogP contribution in [0.5, 0.6) is 0 Å². The maximum absolute atomic E-state index is 12.4. The van der Waals surface area contributed by atoms with Crippen molar-refractivity contribution in [2.75, 3.05) is 13.2 Å². The van der Waals surface area contributed by atoms with Gasteiger partial charge in [0.25, 0.3) is 0 Å². The van der Waals surface area contributed by atoms with Gasteiger partial charge in [-0.25, -0.2) is 0 Å². The molecule has 2 fully saturated rings. The molecule has 2 aromatic rings. The summed E-state index contributed by atoms with van der Waals surface area (Å²) in [6.45, 7) is 4.79. The minimum atomic E-state index is -1.68. The summed E-state index contributed by atoms with van der Waals surface area (Å²) in [5.74, 6) is -4.12. The molecule has 11 atom stereocenters. The van der Waals surface area contributed by atoms with Gasteiger partial charge in [0.1, 0.15) is 18.3 Å². The van der Waals surface area contributed by atoms with Crippen molar-refractivity contribution in [1.29, 1.82) is 5.26 Å². The number of carbonyl (C=O) groups excluding carboxylic acids is 5. The first-order valence-corrected chi connectivity index (χ1v) is 17.0. The number of nitriles is 1. The minimum absolute atomic E-state index is 0.136. The molecular formula is C37H43NO16. The van der Waals surface area contributed by atoms with Crippen molar-refractivity contribution in [1.82, 2.24) is 0 Å². The van der Waals surface area contributed by atoms with E-state index in [1.807, 2.05) is 36.4 Å². The zero-order valence-corrected chi connectivity index (χ0v) is 30.3. The molecule has 1 N–H and O–H groups in total. The van der Waals surface area contributed by atoms with Crippen LogP contribution in [0, 0.1) is 11.3 Å². The quantitative estimate of drug-likeness (QED) is 0.203.